The van der Waals surface area contributed by atoms with Gasteiger partial charge in [-0.15, -0.1) is 0 Å². The molecular weight excluding hydrogens is 158 g/mol. The highest BCUT2D eigenvalue weighted by Crippen LogP contribution is 2.07. The van der Waals surface area contributed by atoms with Gasteiger partial charge < -0.3 is 10.3 Å². The first-order valence-electron chi connectivity index (χ1n) is 3.59. The topological polar surface area (TPSA) is 81.2 Å². The standard InChI is InChI=1S/C7H11N3O2/c1-4-3-6(12-10-4)9-7(11)5(2)8/h3,5H,8H2,1-2H3,(H,9,11)/t5-/m0/s1. The maximum Gasteiger partial charge on any atom is 0.243 e. The van der Waals surface area contributed by atoms with Crippen molar-refractivity contribution in [3.05, 3.63) is 11.8 Å². The van der Waals surface area contributed by atoms with Crippen molar-refractivity contribution in [3.8, 4) is 0 Å². The number of aromatic nitrogens is 1. The Bertz CT molecular complexity index is 280. The highest BCUT2D eigenvalue weighted by Gasteiger charge is 2.09. The number of nitrogens with two attached hydrogens (primary N) is 1. The molecule has 1 aromatic heterocycles. The number of rotatable bonds is 2. The maximum atomic E-state index is 11.0. The largest absolute Gasteiger partial charge is 0.338 e. The summed E-state index contributed by atoms with van der Waals surface area (Å²) >= 11 is 0. The van der Waals surface area contributed by atoms with Gasteiger partial charge in [-0.05, 0) is 13.8 Å². The molecule has 66 valence electrons. The Kier molecular flexibility index (Phi) is 2.44. The Morgan fingerprint density at radius 2 is 2.50 bits per heavy atom. The smallest absolute Gasteiger partial charge is 0.243 e. The molecule has 1 atom stereocenters. The summed E-state index contributed by atoms with van der Waals surface area (Å²) in [5.74, 6) is 0.0425. The normalized spacial score (nSPS) is 12.6. The second-order valence-electron chi connectivity index (χ2n) is 2.61. The first-order chi connectivity index (χ1) is 5.59. The molecule has 0 aliphatic heterocycles. The van der Waals surface area contributed by atoms with E-state index in [-0.39, 0.29) is 5.91 Å². The first kappa shape index (κ1) is 8.73. The van der Waals surface area contributed by atoms with E-state index in [1.54, 1.807) is 19.9 Å². The lowest BCUT2D eigenvalue weighted by molar-refractivity contribution is -0.117. The Morgan fingerprint density at radius 1 is 1.83 bits per heavy atom. The number of carbonyl (C=O) groups is 1. The molecule has 12 heavy (non-hydrogen) atoms. The van der Waals surface area contributed by atoms with Gasteiger partial charge in [0, 0.05) is 6.07 Å². The lowest BCUT2D eigenvalue weighted by Crippen LogP contribution is -2.32. The van der Waals surface area contributed by atoms with Crippen LogP contribution >= 0.6 is 0 Å². The molecule has 5 heteroatoms. The minimum atomic E-state index is -0.546. The van der Waals surface area contributed by atoms with Gasteiger partial charge >= 0.3 is 0 Å². The fourth-order valence-electron chi connectivity index (χ4n) is 0.658. The second kappa shape index (κ2) is 3.36. The van der Waals surface area contributed by atoms with Gasteiger partial charge in [0.25, 0.3) is 0 Å². The quantitative estimate of drug-likeness (QED) is 0.665. The maximum absolute atomic E-state index is 11.0. The zero-order valence-corrected chi connectivity index (χ0v) is 7.00. The summed E-state index contributed by atoms with van der Waals surface area (Å²) in [6, 6.07) is 1.08. The van der Waals surface area contributed by atoms with Crippen molar-refractivity contribution in [2.45, 2.75) is 19.9 Å². The molecule has 0 aliphatic carbocycles. The number of amides is 1. The van der Waals surface area contributed by atoms with Crippen LogP contribution in [0.2, 0.25) is 0 Å². The van der Waals surface area contributed by atoms with Crippen molar-refractivity contribution >= 4 is 11.8 Å². The lowest BCUT2D eigenvalue weighted by atomic mass is 10.3. The molecule has 0 fully saturated rings. The molecule has 5 nitrogen and oxygen atoms in total. The van der Waals surface area contributed by atoms with E-state index in [9.17, 15) is 4.79 Å². The van der Waals surface area contributed by atoms with Gasteiger partial charge in [-0.3, -0.25) is 10.1 Å². The molecule has 0 unspecified atom stereocenters. The average Bonchev–Trinajstić information content (AvgIpc) is 2.35. The van der Waals surface area contributed by atoms with Crippen LogP contribution in [0.15, 0.2) is 10.6 Å². The third-order valence-electron chi connectivity index (χ3n) is 1.29. The van der Waals surface area contributed by atoms with Gasteiger partial charge in [0.2, 0.25) is 11.8 Å². The van der Waals surface area contributed by atoms with Gasteiger partial charge in [0.05, 0.1) is 11.7 Å². The predicted octanol–water partition coefficient (Wildman–Crippen LogP) is 0.269. The molecule has 1 heterocycles. The van der Waals surface area contributed by atoms with Gasteiger partial charge in [0.15, 0.2) is 0 Å². The second-order valence-corrected chi connectivity index (χ2v) is 2.61. The van der Waals surface area contributed by atoms with Crippen molar-refractivity contribution in [2.24, 2.45) is 5.73 Å². The summed E-state index contributed by atoms with van der Waals surface area (Å²) in [7, 11) is 0. The van der Waals surface area contributed by atoms with Crippen molar-refractivity contribution < 1.29 is 9.32 Å². The molecule has 0 radical (unpaired) electrons. The molecule has 0 saturated carbocycles. The number of hydrogen-bond acceptors (Lipinski definition) is 4. The highest BCUT2D eigenvalue weighted by molar-refractivity contribution is 5.93. The number of carbonyl (C=O) groups excluding carboxylic acids is 1. The van der Waals surface area contributed by atoms with E-state index in [2.05, 4.69) is 10.5 Å². The summed E-state index contributed by atoms with van der Waals surface area (Å²) in [5.41, 5.74) is 6.03. The summed E-state index contributed by atoms with van der Waals surface area (Å²) in [5, 5.41) is 6.07. The Labute approximate surface area is 69.9 Å². The summed E-state index contributed by atoms with van der Waals surface area (Å²) < 4.78 is 4.75. The van der Waals surface area contributed by atoms with E-state index in [4.69, 9.17) is 10.3 Å². The number of nitrogens with zero attached hydrogens (tertiary/aromatic N) is 1. The Morgan fingerprint density at radius 3 is 2.92 bits per heavy atom. The van der Waals surface area contributed by atoms with E-state index < -0.39 is 6.04 Å². The average molecular weight is 169 g/mol. The van der Waals surface area contributed by atoms with Crippen molar-refractivity contribution in [1.29, 1.82) is 0 Å². The van der Waals surface area contributed by atoms with Crippen LogP contribution in [-0.4, -0.2) is 17.1 Å². The molecule has 0 spiro atoms. The lowest BCUT2D eigenvalue weighted by Gasteiger charge is -2.02. The van der Waals surface area contributed by atoms with Crippen LogP contribution < -0.4 is 11.1 Å². The van der Waals surface area contributed by atoms with E-state index in [1.165, 1.54) is 0 Å². The van der Waals surface area contributed by atoms with E-state index >= 15 is 0 Å². The Hall–Kier alpha value is -1.36. The molecule has 0 aliphatic rings. The van der Waals surface area contributed by atoms with Gasteiger partial charge in [-0.2, -0.15) is 0 Å². The number of anilines is 1. The molecule has 0 saturated heterocycles. The minimum absolute atomic E-state index is 0.286. The van der Waals surface area contributed by atoms with E-state index in [1.807, 2.05) is 0 Å². The number of hydrogen-bond donors (Lipinski definition) is 2. The fourth-order valence-corrected chi connectivity index (χ4v) is 0.658. The van der Waals surface area contributed by atoms with Crippen LogP contribution in [0.4, 0.5) is 5.88 Å². The highest BCUT2D eigenvalue weighted by atomic mass is 16.5. The van der Waals surface area contributed by atoms with Crippen LogP contribution in [0.5, 0.6) is 0 Å². The fraction of sp³-hybridized carbons (Fsp3) is 0.429. The molecule has 1 aromatic rings. The number of nitrogens with one attached hydrogen (secondary N) is 1. The van der Waals surface area contributed by atoms with E-state index in [0.29, 0.717) is 5.88 Å². The van der Waals surface area contributed by atoms with Gasteiger partial charge in [-0.25, -0.2) is 0 Å². The van der Waals surface area contributed by atoms with Crippen LogP contribution in [0, 0.1) is 6.92 Å². The van der Waals surface area contributed by atoms with Crippen LogP contribution in [0.1, 0.15) is 12.6 Å². The van der Waals surface area contributed by atoms with E-state index in [0.717, 1.165) is 5.69 Å². The van der Waals surface area contributed by atoms with Crippen molar-refractivity contribution in [3.63, 3.8) is 0 Å². The monoisotopic (exact) mass is 169 g/mol. The van der Waals surface area contributed by atoms with Crippen LogP contribution in [0.3, 0.4) is 0 Å². The third-order valence-corrected chi connectivity index (χ3v) is 1.29. The molecule has 0 aromatic carbocycles. The summed E-state index contributed by atoms with van der Waals surface area (Å²) in [4.78, 5) is 11.0. The molecular formula is C7H11N3O2. The van der Waals surface area contributed by atoms with Gasteiger partial charge in [0.1, 0.15) is 0 Å². The van der Waals surface area contributed by atoms with Gasteiger partial charge in [-0.1, -0.05) is 5.16 Å². The van der Waals surface area contributed by atoms with Crippen molar-refractivity contribution in [2.75, 3.05) is 5.32 Å². The summed E-state index contributed by atoms with van der Waals surface area (Å²) in [6.45, 7) is 3.36. The number of aryl methyl sites for hydroxylation is 1. The molecule has 1 rings (SSSR count). The summed E-state index contributed by atoms with van der Waals surface area (Å²) in [6.07, 6.45) is 0. The molecule has 0 bridgehead atoms. The SMILES string of the molecule is Cc1cc(NC(=O)[C@H](C)N)on1. The molecule has 1 amide bonds. The zero-order valence-electron chi connectivity index (χ0n) is 7.00. The Balaban J connectivity index is 2.58. The molecule has 3 N–H and O–H groups in total. The van der Waals surface area contributed by atoms with Crippen molar-refractivity contribution in [1.82, 2.24) is 5.16 Å². The zero-order chi connectivity index (χ0) is 9.14. The third kappa shape index (κ3) is 2.06. The first-order valence-corrected chi connectivity index (χ1v) is 3.59. The minimum Gasteiger partial charge on any atom is -0.338 e. The predicted molar refractivity (Wildman–Crippen MR) is 43.5 cm³/mol. The van der Waals surface area contributed by atoms with Crippen LogP contribution in [-0.2, 0) is 4.79 Å². The van der Waals surface area contributed by atoms with Crippen LogP contribution in [0.25, 0.3) is 0 Å².